The first kappa shape index (κ1) is 10.9. The van der Waals surface area contributed by atoms with Gasteiger partial charge in [0, 0.05) is 29.2 Å². The molecule has 3 N–H and O–H groups in total. The summed E-state index contributed by atoms with van der Waals surface area (Å²) in [5.41, 5.74) is 7.20. The standard InChI is InChI=1S/C11H13ClN2/c1-14-7-3-2-4-9-8-10(12)5-6-11(9)13/h5-6,8,14H,3,7,13H2,1H3. The van der Waals surface area contributed by atoms with E-state index in [1.54, 1.807) is 18.2 Å². The third kappa shape index (κ3) is 3.29. The molecular weight excluding hydrogens is 196 g/mol. The van der Waals surface area contributed by atoms with Gasteiger partial charge in [-0.05, 0) is 25.2 Å². The number of anilines is 1. The Morgan fingerprint density at radius 2 is 2.29 bits per heavy atom. The van der Waals surface area contributed by atoms with E-state index >= 15 is 0 Å². The monoisotopic (exact) mass is 208 g/mol. The molecule has 1 rings (SSSR count). The van der Waals surface area contributed by atoms with Crippen molar-refractivity contribution < 1.29 is 0 Å². The fraction of sp³-hybridized carbons (Fsp3) is 0.273. The lowest BCUT2D eigenvalue weighted by Gasteiger charge is -1.97. The first-order chi connectivity index (χ1) is 6.74. The van der Waals surface area contributed by atoms with Crippen LogP contribution in [0, 0.1) is 11.8 Å². The van der Waals surface area contributed by atoms with Gasteiger partial charge in [-0.1, -0.05) is 23.4 Å². The lowest BCUT2D eigenvalue weighted by molar-refractivity contribution is 0.818. The Morgan fingerprint density at radius 3 is 3.00 bits per heavy atom. The molecule has 3 heteroatoms. The lowest BCUT2D eigenvalue weighted by atomic mass is 10.2. The maximum Gasteiger partial charge on any atom is 0.0489 e. The molecule has 0 heterocycles. The van der Waals surface area contributed by atoms with E-state index in [-0.39, 0.29) is 0 Å². The molecule has 1 aromatic rings. The number of benzene rings is 1. The molecule has 0 aromatic heterocycles. The first-order valence-electron chi connectivity index (χ1n) is 4.42. The molecule has 2 nitrogen and oxygen atoms in total. The highest BCUT2D eigenvalue weighted by Crippen LogP contribution is 2.16. The van der Waals surface area contributed by atoms with E-state index in [9.17, 15) is 0 Å². The molecule has 0 saturated heterocycles. The van der Waals surface area contributed by atoms with Crippen molar-refractivity contribution in [3.63, 3.8) is 0 Å². The van der Waals surface area contributed by atoms with Crippen LogP contribution in [0.3, 0.4) is 0 Å². The minimum Gasteiger partial charge on any atom is -0.398 e. The molecule has 0 bridgehead atoms. The highest BCUT2D eigenvalue weighted by molar-refractivity contribution is 6.30. The molecule has 0 aliphatic rings. The minimum atomic E-state index is 0.664. The van der Waals surface area contributed by atoms with Gasteiger partial charge >= 0.3 is 0 Å². The molecule has 0 spiro atoms. The van der Waals surface area contributed by atoms with Gasteiger partial charge in [0.15, 0.2) is 0 Å². The summed E-state index contributed by atoms with van der Waals surface area (Å²) >= 11 is 5.82. The van der Waals surface area contributed by atoms with Crippen molar-refractivity contribution in [1.82, 2.24) is 5.32 Å². The molecule has 14 heavy (non-hydrogen) atoms. The Hall–Kier alpha value is -1.17. The molecule has 0 amide bonds. The van der Waals surface area contributed by atoms with Crippen molar-refractivity contribution >= 4 is 17.3 Å². The van der Waals surface area contributed by atoms with Crippen LogP contribution in [-0.4, -0.2) is 13.6 Å². The van der Waals surface area contributed by atoms with E-state index in [4.69, 9.17) is 17.3 Å². The molecule has 74 valence electrons. The van der Waals surface area contributed by atoms with Crippen LogP contribution in [-0.2, 0) is 0 Å². The van der Waals surface area contributed by atoms with E-state index in [1.807, 2.05) is 7.05 Å². The van der Waals surface area contributed by atoms with Crippen molar-refractivity contribution in [1.29, 1.82) is 0 Å². The number of hydrogen-bond donors (Lipinski definition) is 2. The molecule has 0 atom stereocenters. The molecule has 0 unspecified atom stereocenters. The number of rotatable bonds is 2. The van der Waals surface area contributed by atoms with Gasteiger partial charge in [-0.3, -0.25) is 0 Å². The van der Waals surface area contributed by atoms with Crippen molar-refractivity contribution in [2.75, 3.05) is 19.3 Å². The van der Waals surface area contributed by atoms with E-state index in [0.717, 1.165) is 18.5 Å². The van der Waals surface area contributed by atoms with Crippen LogP contribution >= 0.6 is 11.6 Å². The Bertz CT molecular complexity index is 363. The Morgan fingerprint density at radius 1 is 1.50 bits per heavy atom. The molecule has 0 radical (unpaired) electrons. The maximum atomic E-state index is 5.82. The van der Waals surface area contributed by atoms with Crippen LogP contribution in [0.1, 0.15) is 12.0 Å². The predicted octanol–water partition coefficient (Wildman–Crippen LogP) is 1.88. The second-order valence-corrected chi connectivity index (χ2v) is 3.32. The number of nitrogens with two attached hydrogens (primary N) is 1. The quantitative estimate of drug-likeness (QED) is 0.443. The summed E-state index contributed by atoms with van der Waals surface area (Å²) in [6.07, 6.45) is 0.808. The van der Waals surface area contributed by atoms with Gasteiger partial charge in [-0.25, -0.2) is 0 Å². The van der Waals surface area contributed by atoms with Crippen LogP contribution in [0.15, 0.2) is 18.2 Å². The van der Waals surface area contributed by atoms with Crippen LogP contribution < -0.4 is 11.1 Å². The highest BCUT2D eigenvalue weighted by atomic mass is 35.5. The van der Waals surface area contributed by atoms with Gasteiger partial charge < -0.3 is 11.1 Å². The Kier molecular flexibility index (Phi) is 4.31. The average molecular weight is 209 g/mol. The summed E-state index contributed by atoms with van der Waals surface area (Å²) in [6, 6.07) is 5.31. The normalized spacial score (nSPS) is 9.29. The summed E-state index contributed by atoms with van der Waals surface area (Å²) < 4.78 is 0. The van der Waals surface area contributed by atoms with Crippen LogP contribution in [0.5, 0.6) is 0 Å². The largest absolute Gasteiger partial charge is 0.398 e. The van der Waals surface area contributed by atoms with E-state index in [2.05, 4.69) is 17.2 Å². The van der Waals surface area contributed by atoms with E-state index in [0.29, 0.717) is 10.7 Å². The van der Waals surface area contributed by atoms with Crippen molar-refractivity contribution in [2.45, 2.75) is 6.42 Å². The van der Waals surface area contributed by atoms with Gasteiger partial charge in [0.1, 0.15) is 0 Å². The highest BCUT2D eigenvalue weighted by Gasteiger charge is 1.95. The number of hydrogen-bond acceptors (Lipinski definition) is 2. The topological polar surface area (TPSA) is 38.0 Å². The van der Waals surface area contributed by atoms with Crippen LogP contribution in [0.2, 0.25) is 5.02 Å². The van der Waals surface area contributed by atoms with Crippen LogP contribution in [0.25, 0.3) is 0 Å². The minimum absolute atomic E-state index is 0.664. The summed E-state index contributed by atoms with van der Waals surface area (Å²) in [5, 5.41) is 3.68. The van der Waals surface area contributed by atoms with E-state index in [1.165, 1.54) is 0 Å². The first-order valence-corrected chi connectivity index (χ1v) is 4.80. The molecular formula is C11H13ClN2. The van der Waals surface area contributed by atoms with Gasteiger partial charge in [0.25, 0.3) is 0 Å². The zero-order chi connectivity index (χ0) is 10.4. The lowest BCUT2D eigenvalue weighted by Crippen LogP contribution is -2.05. The molecule has 0 fully saturated rings. The van der Waals surface area contributed by atoms with Crippen LogP contribution in [0.4, 0.5) is 5.69 Å². The van der Waals surface area contributed by atoms with Crippen molar-refractivity contribution in [3.8, 4) is 11.8 Å². The summed E-state index contributed by atoms with van der Waals surface area (Å²) in [5.74, 6) is 6.01. The van der Waals surface area contributed by atoms with Crippen molar-refractivity contribution in [3.05, 3.63) is 28.8 Å². The van der Waals surface area contributed by atoms with Gasteiger partial charge in [0.05, 0.1) is 0 Å². The number of nitrogen functional groups attached to an aromatic ring is 1. The van der Waals surface area contributed by atoms with Gasteiger partial charge in [-0.2, -0.15) is 0 Å². The summed E-state index contributed by atoms with van der Waals surface area (Å²) in [4.78, 5) is 0. The Balaban J connectivity index is 2.73. The molecule has 0 saturated carbocycles. The fourth-order valence-electron chi connectivity index (χ4n) is 0.982. The zero-order valence-corrected chi connectivity index (χ0v) is 8.86. The van der Waals surface area contributed by atoms with Gasteiger partial charge in [0.2, 0.25) is 0 Å². The fourth-order valence-corrected chi connectivity index (χ4v) is 1.15. The Labute approximate surface area is 89.4 Å². The molecule has 0 aliphatic carbocycles. The summed E-state index contributed by atoms with van der Waals surface area (Å²) in [7, 11) is 1.90. The summed E-state index contributed by atoms with van der Waals surface area (Å²) in [6.45, 7) is 0.882. The number of halogens is 1. The maximum absolute atomic E-state index is 5.82. The smallest absolute Gasteiger partial charge is 0.0489 e. The third-order valence-corrected chi connectivity index (χ3v) is 1.97. The SMILES string of the molecule is CNCCC#Cc1cc(Cl)ccc1N. The van der Waals surface area contributed by atoms with Crippen molar-refractivity contribution in [2.24, 2.45) is 0 Å². The zero-order valence-electron chi connectivity index (χ0n) is 8.10. The predicted molar refractivity (Wildman–Crippen MR) is 61.3 cm³/mol. The number of nitrogens with one attached hydrogen (secondary N) is 1. The third-order valence-electron chi connectivity index (χ3n) is 1.74. The average Bonchev–Trinajstić information content (AvgIpc) is 2.18. The molecule has 0 aliphatic heterocycles. The second-order valence-electron chi connectivity index (χ2n) is 2.89. The van der Waals surface area contributed by atoms with Gasteiger partial charge in [-0.15, -0.1) is 0 Å². The molecule has 1 aromatic carbocycles. The van der Waals surface area contributed by atoms with E-state index < -0.39 is 0 Å². The second kappa shape index (κ2) is 5.54.